The van der Waals surface area contributed by atoms with Crippen LogP contribution in [0.2, 0.25) is 0 Å². The summed E-state index contributed by atoms with van der Waals surface area (Å²) in [6.45, 7) is 6.70. The largest absolute Gasteiger partial charge is 0.395 e. The molecular formula is C25H50ClN3O3. The van der Waals surface area contributed by atoms with Crippen molar-refractivity contribution in [3.63, 3.8) is 0 Å². The van der Waals surface area contributed by atoms with Gasteiger partial charge in [0.25, 0.3) is 0 Å². The predicted octanol–water partition coefficient (Wildman–Crippen LogP) is 6.84. The number of halogens is 1. The molecule has 1 rings (SSSR count). The maximum Gasteiger partial charge on any atom is 0.223 e. The van der Waals surface area contributed by atoms with Gasteiger partial charge >= 0.3 is 0 Å². The van der Waals surface area contributed by atoms with Crippen LogP contribution in [0.4, 0.5) is 0 Å². The maximum absolute atomic E-state index is 9.65. The Morgan fingerprint density at radius 3 is 1.81 bits per heavy atom. The number of aliphatic hydroxyl groups is 1. The Morgan fingerprint density at radius 1 is 0.969 bits per heavy atom. The molecule has 0 radical (unpaired) electrons. The summed E-state index contributed by atoms with van der Waals surface area (Å²) in [5, 5.41) is 18.7. The zero-order chi connectivity index (χ0) is 23.9. The van der Waals surface area contributed by atoms with Gasteiger partial charge in [0.15, 0.2) is 0 Å². The van der Waals surface area contributed by atoms with Crippen LogP contribution in [0.1, 0.15) is 117 Å². The monoisotopic (exact) mass is 475 g/mol. The van der Waals surface area contributed by atoms with Crippen LogP contribution >= 0.6 is 11.6 Å². The number of rotatable bonds is 20. The van der Waals surface area contributed by atoms with Gasteiger partial charge in [0.05, 0.1) is 24.9 Å². The highest BCUT2D eigenvalue weighted by molar-refractivity contribution is 6.18. The van der Waals surface area contributed by atoms with Crippen molar-refractivity contribution >= 4 is 17.4 Å². The predicted molar refractivity (Wildman–Crippen MR) is 138 cm³/mol. The molecule has 0 bridgehead atoms. The first-order valence-corrected chi connectivity index (χ1v) is 13.7. The number of alkyl halides is 1. The molecule has 0 aromatic rings. The Bertz CT molecular complexity index is 464. The minimum Gasteiger partial charge on any atom is -0.395 e. The molecule has 190 valence electrons. The quantitative estimate of drug-likeness (QED) is 0.0903. The number of nitrogens with zero attached hydrogens (tertiary/aromatic N) is 3. The van der Waals surface area contributed by atoms with Crippen molar-refractivity contribution < 1.29 is 10.0 Å². The topological polar surface area (TPSA) is 79.0 Å². The molecule has 0 fully saturated rings. The Hall–Kier alpha value is -0.880. The van der Waals surface area contributed by atoms with Crippen molar-refractivity contribution in [2.75, 3.05) is 32.1 Å². The van der Waals surface area contributed by atoms with Gasteiger partial charge in [0, 0.05) is 31.4 Å². The van der Waals surface area contributed by atoms with Gasteiger partial charge in [-0.15, -0.1) is 11.6 Å². The SMILES string of the molecule is CC(CCl)[N+](=O)[O-].CCCCCCCCCCCCCCCCCC1=NCCN1CCO. The van der Waals surface area contributed by atoms with E-state index >= 15 is 0 Å². The first-order chi connectivity index (χ1) is 15.6. The van der Waals surface area contributed by atoms with Gasteiger partial charge < -0.3 is 10.0 Å². The molecule has 1 heterocycles. The number of amidine groups is 1. The maximum atomic E-state index is 9.65. The summed E-state index contributed by atoms with van der Waals surface area (Å²) in [5.41, 5.74) is 0. The second kappa shape index (κ2) is 23.3. The third-order valence-corrected chi connectivity index (χ3v) is 6.43. The fourth-order valence-corrected chi connectivity index (χ4v) is 3.95. The van der Waals surface area contributed by atoms with E-state index in [0.717, 1.165) is 26.1 Å². The van der Waals surface area contributed by atoms with Crippen molar-refractivity contribution in [3.8, 4) is 0 Å². The van der Waals surface area contributed by atoms with Crippen LogP contribution < -0.4 is 0 Å². The molecule has 0 aromatic heterocycles. The van der Waals surface area contributed by atoms with Crippen LogP contribution in [0.5, 0.6) is 0 Å². The van der Waals surface area contributed by atoms with E-state index in [9.17, 15) is 10.1 Å². The molecule has 0 saturated carbocycles. The first kappa shape index (κ1) is 31.1. The lowest BCUT2D eigenvalue weighted by molar-refractivity contribution is -0.512. The van der Waals surface area contributed by atoms with Crippen LogP contribution in [0.15, 0.2) is 4.99 Å². The van der Waals surface area contributed by atoms with Crippen molar-refractivity contribution in [3.05, 3.63) is 10.1 Å². The fourth-order valence-electron chi connectivity index (χ4n) is 3.84. The van der Waals surface area contributed by atoms with E-state index in [-0.39, 0.29) is 12.5 Å². The number of hydrogen-bond acceptors (Lipinski definition) is 5. The van der Waals surface area contributed by atoms with Gasteiger partial charge in [0.2, 0.25) is 6.04 Å². The van der Waals surface area contributed by atoms with Crippen molar-refractivity contribution in [2.45, 2.75) is 123 Å². The van der Waals surface area contributed by atoms with Crippen molar-refractivity contribution in [2.24, 2.45) is 4.99 Å². The zero-order valence-corrected chi connectivity index (χ0v) is 21.7. The molecule has 1 aliphatic heterocycles. The molecule has 0 amide bonds. The molecule has 32 heavy (non-hydrogen) atoms. The fraction of sp³-hybridized carbons (Fsp3) is 0.960. The molecular weight excluding hydrogens is 426 g/mol. The summed E-state index contributed by atoms with van der Waals surface area (Å²) in [5.74, 6) is 1.33. The van der Waals surface area contributed by atoms with Gasteiger partial charge in [-0.1, -0.05) is 96.8 Å². The first-order valence-electron chi connectivity index (χ1n) is 13.1. The Morgan fingerprint density at radius 2 is 1.44 bits per heavy atom. The average molecular weight is 476 g/mol. The van der Waals surface area contributed by atoms with Gasteiger partial charge in [-0.25, -0.2) is 0 Å². The summed E-state index contributed by atoms with van der Waals surface area (Å²) in [6, 6.07) is -0.610. The normalized spacial score (nSPS) is 14.1. The van der Waals surface area contributed by atoms with E-state index in [4.69, 9.17) is 16.7 Å². The number of aliphatic hydroxyl groups excluding tert-OH is 1. The number of nitro groups is 1. The van der Waals surface area contributed by atoms with Crippen LogP contribution in [0.25, 0.3) is 0 Å². The van der Waals surface area contributed by atoms with Gasteiger partial charge in [-0.2, -0.15) is 0 Å². The van der Waals surface area contributed by atoms with Crippen molar-refractivity contribution in [1.82, 2.24) is 4.90 Å². The lowest BCUT2D eigenvalue weighted by atomic mass is 10.0. The van der Waals surface area contributed by atoms with Crippen LogP contribution in [-0.4, -0.2) is 58.9 Å². The molecule has 1 N–H and O–H groups in total. The summed E-state index contributed by atoms with van der Waals surface area (Å²) >= 11 is 5.11. The highest BCUT2D eigenvalue weighted by Crippen LogP contribution is 2.15. The van der Waals surface area contributed by atoms with Crippen molar-refractivity contribution in [1.29, 1.82) is 0 Å². The standard InChI is InChI=1S/C22H44N2O.C3H6ClNO2/c1-2-3-4-5-6-7-8-9-10-11-12-13-14-15-16-17-22-23-18-19-24(22)20-21-25;1-3(2-4)5(6)7/h25H,2-21H2,1H3;3H,2H2,1H3. The van der Waals surface area contributed by atoms with E-state index in [0.29, 0.717) is 0 Å². The summed E-state index contributed by atoms with van der Waals surface area (Å²) in [7, 11) is 0. The lowest BCUT2D eigenvalue weighted by Crippen LogP contribution is -2.30. The smallest absolute Gasteiger partial charge is 0.223 e. The molecule has 7 heteroatoms. The average Bonchev–Trinajstić information content (AvgIpc) is 3.23. The molecule has 0 aliphatic carbocycles. The zero-order valence-electron chi connectivity index (χ0n) is 20.9. The third-order valence-electron chi connectivity index (χ3n) is 5.99. The van der Waals surface area contributed by atoms with Crippen LogP contribution in [0.3, 0.4) is 0 Å². The molecule has 1 aliphatic rings. The minimum atomic E-state index is -0.610. The summed E-state index contributed by atoms with van der Waals surface area (Å²) in [6.07, 6.45) is 22.3. The second-order valence-corrected chi connectivity index (χ2v) is 9.31. The van der Waals surface area contributed by atoms with Gasteiger partial charge in [-0.3, -0.25) is 15.1 Å². The lowest BCUT2D eigenvalue weighted by Gasteiger charge is -2.18. The Kier molecular flexibility index (Phi) is 22.6. The molecule has 0 spiro atoms. The number of unbranched alkanes of at least 4 members (excludes halogenated alkanes) is 14. The highest BCUT2D eigenvalue weighted by Gasteiger charge is 2.15. The Labute approximate surface area is 202 Å². The van der Waals surface area contributed by atoms with Gasteiger partial charge in [-0.05, 0) is 6.42 Å². The molecule has 1 atom stereocenters. The Balaban J connectivity index is 0.00000118. The number of aliphatic imine (C=N–C) groups is 1. The van der Waals surface area contributed by atoms with E-state index in [1.807, 2.05) is 0 Å². The highest BCUT2D eigenvalue weighted by atomic mass is 35.5. The minimum absolute atomic E-state index is 0.0903. The molecule has 0 aromatic carbocycles. The van der Waals surface area contributed by atoms with Gasteiger partial charge in [0.1, 0.15) is 0 Å². The summed E-state index contributed by atoms with van der Waals surface area (Å²) in [4.78, 5) is 16.1. The number of hydrogen-bond donors (Lipinski definition) is 1. The molecule has 0 saturated heterocycles. The van der Waals surface area contributed by atoms with E-state index in [1.165, 1.54) is 109 Å². The molecule has 6 nitrogen and oxygen atoms in total. The summed E-state index contributed by atoms with van der Waals surface area (Å²) < 4.78 is 0. The van der Waals surface area contributed by atoms with E-state index < -0.39 is 11.0 Å². The van der Waals surface area contributed by atoms with E-state index in [2.05, 4.69) is 16.8 Å². The molecule has 1 unspecified atom stereocenters. The third kappa shape index (κ3) is 18.7. The van der Waals surface area contributed by atoms with E-state index in [1.54, 1.807) is 0 Å². The van der Waals surface area contributed by atoms with Crippen LogP contribution in [0, 0.1) is 10.1 Å². The number of β-amino-alcohol motifs (C(OH)–C–C–N with tert-alkyl or cyclic N) is 1. The second-order valence-electron chi connectivity index (χ2n) is 9.00. The van der Waals surface area contributed by atoms with Crippen LogP contribution in [-0.2, 0) is 0 Å².